The molecule has 1 aliphatic carbocycles. The fourth-order valence-corrected chi connectivity index (χ4v) is 6.73. The van der Waals surface area contributed by atoms with Gasteiger partial charge in [-0.15, -0.1) is 0 Å². The Morgan fingerprint density at radius 3 is 2.47 bits per heavy atom. The van der Waals surface area contributed by atoms with Gasteiger partial charge in [-0.1, -0.05) is 17.7 Å². The van der Waals surface area contributed by atoms with Crippen molar-refractivity contribution in [3.8, 4) is 11.1 Å². The van der Waals surface area contributed by atoms with Gasteiger partial charge in [-0.25, -0.2) is 4.98 Å². The Kier molecular flexibility index (Phi) is 7.91. The number of amides is 2. The van der Waals surface area contributed by atoms with Crippen LogP contribution in [0.4, 0.5) is 5.82 Å². The number of rotatable bonds is 6. The molecule has 4 heterocycles. The second-order valence-corrected chi connectivity index (χ2v) is 11.4. The number of hydrogen-bond donors (Lipinski definition) is 1. The van der Waals surface area contributed by atoms with Crippen molar-refractivity contribution < 1.29 is 14.7 Å². The minimum absolute atomic E-state index is 0.0758. The highest BCUT2D eigenvalue weighted by atomic mass is 35.5. The molecule has 3 aliphatic rings. The SMILES string of the molecule is CCN(CC)C(=O)c1ccc(-c2cnc(N3CCC[C@@]4(CCN([C@H]5CC[C@@H](O)CC5)C4=O)C3)c(Cl)c2)cn1. The first-order chi connectivity index (χ1) is 18.3. The number of aliphatic hydroxyl groups excluding tert-OH is 1. The molecule has 8 nitrogen and oxygen atoms in total. The number of halogens is 1. The van der Waals surface area contributed by atoms with Gasteiger partial charge in [-0.2, -0.15) is 0 Å². The standard InChI is InChI=1S/C29H38ClN5O3/c1-3-33(4-2)27(37)25-11-6-20(17-31-25)21-16-24(30)26(32-18-21)34-14-5-12-29(19-34)13-15-35(28(29)38)22-7-9-23(36)10-8-22/h6,11,16-18,22-23,36H,3-5,7-10,12-15,19H2,1-2H3/t22-,23+,29-/m1/s1. The van der Waals surface area contributed by atoms with Crippen LogP contribution in [0.2, 0.25) is 5.02 Å². The van der Waals surface area contributed by atoms with Gasteiger partial charge in [0, 0.05) is 62.3 Å². The monoisotopic (exact) mass is 539 g/mol. The van der Waals surface area contributed by atoms with Crippen LogP contribution < -0.4 is 4.90 Å². The van der Waals surface area contributed by atoms with Gasteiger partial charge in [0.15, 0.2) is 0 Å². The maximum atomic E-state index is 13.7. The fraction of sp³-hybridized carbons (Fsp3) is 0.586. The van der Waals surface area contributed by atoms with Gasteiger partial charge in [-0.05, 0) is 70.9 Å². The molecule has 1 atom stereocenters. The van der Waals surface area contributed by atoms with Crippen molar-refractivity contribution in [2.75, 3.05) is 37.6 Å². The number of hydrogen-bond acceptors (Lipinski definition) is 6. The second kappa shape index (κ2) is 11.2. The third-order valence-corrected chi connectivity index (χ3v) is 9.00. The van der Waals surface area contributed by atoms with Gasteiger partial charge >= 0.3 is 0 Å². The van der Waals surface area contributed by atoms with Crippen LogP contribution in [-0.4, -0.2) is 81.6 Å². The molecule has 0 aromatic carbocycles. The summed E-state index contributed by atoms with van der Waals surface area (Å²) in [6, 6.07) is 5.77. The molecule has 2 aromatic rings. The van der Waals surface area contributed by atoms with Crippen LogP contribution in [0.5, 0.6) is 0 Å². The van der Waals surface area contributed by atoms with Gasteiger partial charge in [0.1, 0.15) is 11.5 Å². The molecule has 2 aliphatic heterocycles. The number of carbonyl (C=O) groups is 2. The lowest BCUT2D eigenvalue weighted by atomic mass is 9.78. The Balaban J connectivity index is 1.29. The normalized spacial score (nSPS) is 25.7. The number of piperidine rings is 1. The first-order valence-electron chi connectivity index (χ1n) is 14.0. The number of aliphatic hydroxyl groups is 1. The van der Waals surface area contributed by atoms with Gasteiger partial charge in [0.2, 0.25) is 5.91 Å². The molecule has 1 N–H and O–H groups in total. The zero-order valence-corrected chi connectivity index (χ0v) is 23.2. The van der Waals surface area contributed by atoms with E-state index in [4.69, 9.17) is 16.6 Å². The predicted octanol–water partition coefficient (Wildman–Crippen LogP) is 4.40. The first-order valence-corrected chi connectivity index (χ1v) is 14.4. The van der Waals surface area contributed by atoms with Crippen LogP contribution in [0.3, 0.4) is 0 Å². The summed E-state index contributed by atoms with van der Waals surface area (Å²) in [5.74, 6) is 0.901. The number of likely N-dealkylation sites (tertiary alicyclic amines) is 1. The highest BCUT2D eigenvalue weighted by Gasteiger charge is 2.51. The molecule has 9 heteroatoms. The number of nitrogens with zero attached hydrogens (tertiary/aromatic N) is 5. The van der Waals surface area contributed by atoms with Crippen LogP contribution in [0.25, 0.3) is 11.1 Å². The van der Waals surface area contributed by atoms with E-state index in [1.807, 2.05) is 26.0 Å². The number of aromatic nitrogens is 2. The van der Waals surface area contributed by atoms with Crippen LogP contribution >= 0.6 is 11.6 Å². The van der Waals surface area contributed by atoms with E-state index in [-0.39, 0.29) is 29.4 Å². The van der Waals surface area contributed by atoms with Gasteiger partial charge in [-0.3, -0.25) is 14.6 Å². The summed E-state index contributed by atoms with van der Waals surface area (Å²) >= 11 is 6.76. The molecule has 3 fully saturated rings. The largest absolute Gasteiger partial charge is 0.393 e. The number of pyridine rings is 2. The Morgan fingerprint density at radius 1 is 1.08 bits per heavy atom. The van der Waals surface area contributed by atoms with E-state index in [0.717, 1.165) is 69.2 Å². The van der Waals surface area contributed by atoms with E-state index < -0.39 is 0 Å². The van der Waals surface area contributed by atoms with E-state index in [1.165, 1.54) is 0 Å². The topological polar surface area (TPSA) is 89.9 Å². The number of anilines is 1. The van der Waals surface area contributed by atoms with E-state index in [9.17, 15) is 14.7 Å². The molecule has 38 heavy (non-hydrogen) atoms. The third-order valence-electron chi connectivity index (χ3n) is 8.72. The molecule has 2 aromatic heterocycles. The van der Waals surface area contributed by atoms with Crippen LogP contribution in [0.1, 0.15) is 69.3 Å². The third kappa shape index (κ3) is 5.13. The summed E-state index contributed by atoms with van der Waals surface area (Å²) in [5, 5.41) is 10.4. The first kappa shape index (κ1) is 26.9. The summed E-state index contributed by atoms with van der Waals surface area (Å²) in [6.07, 6.45) is 9.29. The Morgan fingerprint density at radius 2 is 1.82 bits per heavy atom. The summed E-state index contributed by atoms with van der Waals surface area (Å²) in [5.41, 5.74) is 1.72. The second-order valence-electron chi connectivity index (χ2n) is 11.0. The average molecular weight is 540 g/mol. The average Bonchev–Trinajstić information content (AvgIpc) is 3.24. The molecule has 2 saturated heterocycles. The van der Waals surface area contributed by atoms with Crippen molar-refractivity contribution in [1.82, 2.24) is 19.8 Å². The van der Waals surface area contributed by atoms with Gasteiger partial charge in [0.05, 0.1) is 16.5 Å². The maximum Gasteiger partial charge on any atom is 0.272 e. The molecule has 5 rings (SSSR count). The van der Waals surface area contributed by atoms with E-state index in [2.05, 4.69) is 14.8 Å². The molecule has 204 valence electrons. The maximum absolute atomic E-state index is 13.7. The number of carbonyl (C=O) groups excluding carboxylic acids is 2. The minimum atomic E-state index is -0.380. The summed E-state index contributed by atoms with van der Waals surface area (Å²) in [4.78, 5) is 41.4. The van der Waals surface area contributed by atoms with E-state index in [0.29, 0.717) is 36.2 Å². The van der Waals surface area contributed by atoms with Crippen LogP contribution in [-0.2, 0) is 4.79 Å². The van der Waals surface area contributed by atoms with Gasteiger partial charge in [0.25, 0.3) is 5.91 Å². The molecule has 1 saturated carbocycles. The Bertz CT molecular complexity index is 1160. The van der Waals surface area contributed by atoms with Crippen molar-refractivity contribution in [3.05, 3.63) is 41.3 Å². The summed E-state index contributed by atoms with van der Waals surface area (Å²) in [6.45, 7) is 7.45. The van der Waals surface area contributed by atoms with Crippen molar-refractivity contribution in [3.63, 3.8) is 0 Å². The fourth-order valence-electron chi connectivity index (χ4n) is 6.44. The molecular formula is C29H38ClN5O3. The Labute approximate surface area is 230 Å². The highest BCUT2D eigenvalue weighted by molar-refractivity contribution is 6.33. The van der Waals surface area contributed by atoms with Crippen molar-refractivity contribution in [2.45, 2.75) is 70.9 Å². The lowest BCUT2D eigenvalue weighted by Gasteiger charge is -2.41. The van der Waals surface area contributed by atoms with E-state index >= 15 is 0 Å². The van der Waals surface area contributed by atoms with Crippen LogP contribution in [0.15, 0.2) is 30.6 Å². The zero-order valence-electron chi connectivity index (χ0n) is 22.4. The molecule has 2 amide bonds. The predicted molar refractivity (Wildman–Crippen MR) is 148 cm³/mol. The lowest BCUT2D eigenvalue weighted by molar-refractivity contribution is -0.139. The highest BCUT2D eigenvalue weighted by Crippen LogP contribution is 2.44. The molecular weight excluding hydrogens is 502 g/mol. The molecule has 0 bridgehead atoms. The lowest BCUT2D eigenvalue weighted by Crippen LogP contribution is -2.50. The smallest absolute Gasteiger partial charge is 0.272 e. The van der Waals surface area contributed by atoms with Crippen molar-refractivity contribution in [1.29, 1.82) is 0 Å². The van der Waals surface area contributed by atoms with Crippen molar-refractivity contribution in [2.24, 2.45) is 5.41 Å². The molecule has 1 spiro atoms. The van der Waals surface area contributed by atoms with Crippen molar-refractivity contribution >= 4 is 29.2 Å². The van der Waals surface area contributed by atoms with Crippen LogP contribution in [0, 0.1) is 5.41 Å². The molecule has 0 unspecified atom stereocenters. The van der Waals surface area contributed by atoms with Gasteiger partial charge < -0.3 is 19.8 Å². The Hall–Kier alpha value is -2.71. The quantitative estimate of drug-likeness (QED) is 0.585. The molecule has 0 radical (unpaired) electrons. The summed E-state index contributed by atoms with van der Waals surface area (Å²) < 4.78 is 0. The minimum Gasteiger partial charge on any atom is -0.393 e. The van der Waals surface area contributed by atoms with E-state index in [1.54, 1.807) is 23.4 Å². The summed E-state index contributed by atoms with van der Waals surface area (Å²) in [7, 11) is 0. The zero-order chi connectivity index (χ0) is 26.9.